The summed E-state index contributed by atoms with van der Waals surface area (Å²) in [5, 5.41) is 9.09. The smallest absolute Gasteiger partial charge is 0.303 e. The van der Waals surface area contributed by atoms with Crippen molar-refractivity contribution in [1.29, 1.82) is 0 Å². The number of aliphatic carboxylic acids is 1. The molecule has 8 atom stereocenters. The molecule has 4 aliphatic carbocycles. The molecule has 2 heteroatoms. The van der Waals surface area contributed by atoms with Crippen LogP contribution in [0.4, 0.5) is 0 Å². The summed E-state index contributed by atoms with van der Waals surface area (Å²) < 4.78 is 0. The molecule has 5 unspecified atom stereocenters. The Morgan fingerprint density at radius 3 is 2.36 bits per heavy atom. The van der Waals surface area contributed by atoms with E-state index in [1.807, 2.05) is 13.8 Å². The molecule has 0 bridgehead atoms. The summed E-state index contributed by atoms with van der Waals surface area (Å²) in [5.74, 6) is 4.57. The first-order chi connectivity index (χ1) is 13.4. The van der Waals surface area contributed by atoms with Gasteiger partial charge >= 0.3 is 5.97 Å². The van der Waals surface area contributed by atoms with E-state index in [9.17, 15) is 4.79 Å². The first-order valence-corrected chi connectivity index (χ1v) is 12.6. The van der Waals surface area contributed by atoms with Gasteiger partial charge in [0, 0.05) is 6.42 Å². The average molecular weight is 391 g/mol. The van der Waals surface area contributed by atoms with Crippen LogP contribution in [0, 0.1) is 46.3 Å². The molecule has 1 N–H and O–H groups in total. The quantitative estimate of drug-likeness (QED) is 0.537. The zero-order valence-electron chi connectivity index (χ0n) is 19.3. The van der Waals surface area contributed by atoms with Crippen LogP contribution in [0.2, 0.25) is 0 Å². The highest BCUT2D eigenvalue weighted by Crippen LogP contribution is 2.68. The molecule has 0 aromatic heterocycles. The first kappa shape index (κ1) is 22.2. The molecule has 0 aromatic carbocycles. The summed E-state index contributed by atoms with van der Waals surface area (Å²) in [6.07, 6.45) is 15.7. The molecule has 2 nitrogen and oxygen atoms in total. The van der Waals surface area contributed by atoms with Gasteiger partial charge in [-0.25, -0.2) is 0 Å². The van der Waals surface area contributed by atoms with Gasteiger partial charge in [0.15, 0.2) is 0 Å². The highest BCUT2D eigenvalue weighted by molar-refractivity contribution is 5.66. The fourth-order valence-corrected chi connectivity index (χ4v) is 8.82. The summed E-state index contributed by atoms with van der Waals surface area (Å²) in [6, 6.07) is 0. The Balaban J connectivity index is 0.00000109. The Bertz CT molecular complexity index is 543. The molecule has 162 valence electrons. The molecule has 4 saturated carbocycles. The van der Waals surface area contributed by atoms with Crippen LogP contribution in [0.3, 0.4) is 0 Å². The van der Waals surface area contributed by atoms with E-state index in [4.69, 9.17) is 5.11 Å². The van der Waals surface area contributed by atoms with E-state index >= 15 is 0 Å². The minimum Gasteiger partial charge on any atom is -0.481 e. The maximum atomic E-state index is 11.0. The molecule has 0 spiro atoms. The Labute approximate surface area is 174 Å². The van der Waals surface area contributed by atoms with Crippen molar-refractivity contribution in [2.75, 3.05) is 0 Å². The highest BCUT2D eigenvalue weighted by atomic mass is 16.4. The van der Waals surface area contributed by atoms with Crippen molar-refractivity contribution in [3.63, 3.8) is 0 Å². The first-order valence-electron chi connectivity index (χ1n) is 12.6. The van der Waals surface area contributed by atoms with Gasteiger partial charge < -0.3 is 5.11 Å². The van der Waals surface area contributed by atoms with Crippen LogP contribution < -0.4 is 0 Å². The van der Waals surface area contributed by atoms with Crippen molar-refractivity contribution < 1.29 is 9.90 Å². The van der Waals surface area contributed by atoms with Crippen LogP contribution in [0.5, 0.6) is 0 Å². The molecule has 4 fully saturated rings. The second-order valence-corrected chi connectivity index (χ2v) is 11.0. The second-order valence-electron chi connectivity index (χ2n) is 11.0. The van der Waals surface area contributed by atoms with Gasteiger partial charge in [-0.05, 0) is 104 Å². The van der Waals surface area contributed by atoms with Crippen LogP contribution in [0.25, 0.3) is 0 Å². The predicted molar refractivity (Wildman–Crippen MR) is 117 cm³/mol. The molecular formula is C26H46O2. The molecule has 0 heterocycles. The van der Waals surface area contributed by atoms with Crippen LogP contribution in [-0.2, 0) is 4.79 Å². The monoisotopic (exact) mass is 390 g/mol. The van der Waals surface area contributed by atoms with Gasteiger partial charge in [0.05, 0.1) is 0 Å². The maximum absolute atomic E-state index is 11.0. The number of carboxylic acid groups (broad SMARTS) is 1. The van der Waals surface area contributed by atoms with E-state index in [1.165, 1.54) is 64.2 Å². The third-order valence-corrected chi connectivity index (χ3v) is 10.2. The van der Waals surface area contributed by atoms with Crippen molar-refractivity contribution in [3.05, 3.63) is 0 Å². The average Bonchev–Trinajstić information content (AvgIpc) is 3.04. The van der Waals surface area contributed by atoms with Crippen LogP contribution >= 0.6 is 0 Å². The lowest BCUT2D eigenvalue weighted by molar-refractivity contribution is -0.137. The van der Waals surface area contributed by atoms with E-state index in [0.29, 0.717) is 23.2 Å². The van der Waals surface area contributed by atoms with Crippen molar-refractivity contribution in [3.8, 4) is 0 Å². The number of hydrogen-bond donors (Lipinski definition) is 1. The Morgan fingerprint density at radius 2 is 1.64 bits per heavy atom. The normalized spacial score (nSPS) is 45.7. The van der Waals surface area contributed by atoms with E-state index in [2.05, 4.69) is 20.8 Å². The van der Waals surface area contributed by atoms with E-state index < -0.39 is 5.97 Å². The molecule has 0 saturated heterocycles. The fraction of sp³-hybridized carbons (Fsp3) is 0.962. The van der Waals surface area contributed by atoms with Gasteiger partial charge in [-0.1, -0.05) is 47.5 Å². The molecule has 4 aliphatic rings. The molecule has 0 amide bonds. The summed E-state index contributed by atoms with van der Waals surface area (Å²) in [7, 11) is 0. The van der Waals surface area contributed by atoms with Crippen LogP contribution in [0.15, 0.2) is 0 Å². The molecule has 4 rings (SSSR count). The Hall–Kier alpha value is -0.530. The Morgan fingerprint density at radius 1 is 0.929 bits per heavy atom. The topological polar surface area (TPSA) is 37.3 Å². The number of rotatable bonds is 4. The molecule has 0 aromatic rings. The van der Waals surface area contributed by atoms with Crippen molar-refractivity contribution >= 4 is 5.97 Å². The minimum absolute atomic E-state index is 0.351. The number of carbonyl (C=O) groups is 1. The second kappa shape index (κ2) is 8.68. The summed E-state index contributed by atoms with van der Waals surface area (Å²) in [4.78, 5) is 11.0. The van der Waals surface area contributed by atoms with E-state index in [0.717, 1.165) is 36.0 Å². The van der Waals surface area contributed by atoms with Crippen LogP contribution in [-0.4, -0.2) is 11.1 Å². The highest BCUT2D eigenvalue weighted by Gasteiger charge is 2.60. The summed E-state index contributed by atoms with van der Waals surface area (Å²) in [6.45, 7) is 11.6. The molecule has 0 radical (unpaired) electrons. The number of fused-ring (bicyclic) bond motifs is 5. The van der Waals surface area contributed by atoms with Gasteiger partial charge in [0.1, 0.15) is 0 Å². The fourth-order valence-electron chi connectivity index (χ4n) is 8.82. The van der Waals surface area contributed by atoms with E-state index in [1.54, 1.807) is 0 Å². The number of carboxylic acids is 1. The lowest BCUT2D eigenvalue weighted by Gasteiger charge is -2.61. The standard InChI is InChI=1S/C24H40O2.C2H6/c1-16(7-12-22(25)26)19-10-11-20-18-9-8-17-6-4-5-14-23(17,2)21(18)13-15-24(19,20)3;1-2/h16-21H,4-15H2,1-3H3,(H,25,26);1-2H3/t16-,17+,18?,19?,20?,21?,23+,24?;/m1./s1. The number of hydrogen-bond acceptors (Lipinski definition) is 1. The lowest BCUT2D eigenvalue weighted by atomic mass is 9.44. The maximum Gasteiger partial charge on any atom is 0.303 e. The zero-order chi connectivity index (χ0) is 20.5. The van der Waals surface area contributed by atoms with Crippen LogP contribution in [0.1, 0.15) is 112 Å². The Kier molecular flexibility index (Phi) is 6.87. The lowest BCUT2D eigenvalue weighted by Crippen LogP contribution is -2.53. The predicted octanol–water partition coefficient (Wildman–Crippen LogP) is 7.56. The van der Waals surface area contributed by atoms with Gasteiger partial charge in [-0.3, -0.25) is 4.79 Å². The molecule has 28 heavy (non-hydrogen) atoms. The van der Waals surface area contributed by atoms with Gasteiger partial charge in [-0.2, -0.15) is 0 Å². The van der Waals surface area contributed by atoms with Crippen molar-refractivity contribution in [2.24, 2.45) is 46.3 Å². The van der Waals surface area contributed by atoms with Gasteiger partial charge in [0.2, 0.25) is 0 Å². The minimum atomic E-state index is -0.621. The third kappa shape index (κ3) is 3.67. The zero-order valence-corrected chi connectivity index (χ0v) is 19.3. The third-order valence-electron chi connectivity index (χ3n) is 10.2. The van der Waals surface area contributed by atoms with Gasteiger partial charge in [0.25, 0.3) is 0 Å². The van der Waals surface area contributed by atoms with E-state index in [-0.39, 0.29) is 0 Å². The van der Waals surface area contributed by atoms with Crippen molar-refractivity contribution in [1.82, 2.24) is 0 Å². The summed E-state index contributed by atoms with van der Waals surface area (Å²) in [5.41, 5.74) is 1.12. The SMILES string of the molecule is CC.C[C@H](CCC(=O)O)C1CCC2C3CC[C@@H]4CCCC[C@]4(C)C3CCC21C. The largest absolute Gasteiger partial charge is 0.481 e. The van der Waals surface area contributed by atoms with Gasteiger partial charge in [-0.15, -0.1) is 0 Å². The van der Waals surface area contributed by atoms with Crippen molar-refractivity contribution in [2.45, 2.75) is 112 Å². The summed E-state index contributed by atoms with van der Waals surface area (Å²) >= 11 is 0. The molecular weight excluding hydrogens is 344 g/mol. The molecule has 0 aliphatic heterocycles.